The molecule has 148 valence electrons. The van der Waals surface area contributed by atoms with E-state index in [1.165, 1.54) is 0 Å². The average Bonchev–Trinajstić information content (AvgIpc) is 2.87. The Bertz CT molecular complexity index is 536. The van der Waals surface area contributed by atoms with Crippen molar-refractivity contribution in [3.63, 3.8) is 0 Å². The van der Waals surface area contributed by atoms with E-state index in [2.05, 4.69) is 20.8 Å². The molecule has 2 rings (SSSR count). The minimum Gasteiger partial charge on any atom is -0.461 e. The van der Waals surface area contributed by atoms with E-state index in [1.807, 2.05) is 0 Å². The van der Waals surface area contributed by atoms with Crippen LogP contribution in [0.25, 0.3) is 0 Å². The highest BCUT2D eigenvalue weighted by Gasteiger charge is 2.52. The first-order chi connectivity index (χ1) is 12.2. The van der Waals surface area contributed by atoms with Gasteiger partial charge in [0.15, 0.2) is 0 Å². The van der Waals surface area contributed by atoms with Crippen LogP contribution in [0.2, 0.25) is 0 Å². The zero-order valence-corrected chi connectivity index (χ0v) is 15.9. The third kappa shape index (κ3) is 4.72. The third-order valence-electron chi connectivity index (χ3n) is 5.43. The number of hydrogen-bond acceptors (Lipinski definition) is 7. The van der Waals surface area contributed by atoms with Gasteiger partial charge < -0.3 is 14.2 Å². The number of cyclic esters (lactones) is 1. The van der Waals surface area contributed by atoms with Crippen LogP contribution in [0, 0.1) is 33.8 Å². The molecule has 0 N–H and O–H groups in total. The van der Waals surface area contributed by atoms with Gasteiger partial charge in [0.25, 0.3) is 0 Å². The Labute approximate surface area is 153 Å². The second-order valence-electron chi connectivity index (χ2n) is 7.71. The van der Waals surface area contributed by atoms with Crippen LogP contribution in [-0.2, 0) is 23.8 Å². The van der Waals surface area contributed by atoms with Crippen LogP contribution in [0.4, 0.5) is 0 Å². The summed E-state index contributed by atoms with van der Waals surface area (Å²) in [5.41, 5.74) is 0. The van der Waals surface area contributed by atoms with Crippen molar-refractivity contribution in [3.05, 3.63) is 10.1 Å². The Morgan fingerprint density at radius 2 is 2.04 bits per heavy atom. The summed E-state index contributed by atoms with van der Waals surface area (Å²) in [7, 11) is 0. The largest absolute Gasteiger partial charge is 0.461 e. The van der Waals surface area contributed by atoms with Gasteiger partial charge in [-0.3, -0.25) is 14.9 Å². The molecule has 0 spiro atoms. The molecule has 1 saturated heterocycles. The van der Waals surface area contributed by atoms with E-state index in [4.69, 9.17) is 14.2 Å². The average molecular weight is 371 g/mol. The Hall–Kier alpha value is -1.70. The predicted molar refractivity (Wildman–Crippen MR) is 91.6 cm³/mol. The van der Waals surface area contributed by atoms with E-state index in [-0.39, 0.29) is 19.1 Å². The van der Waals surface area contributed by atoms with E-state index in [9.17, 15) is 19.7 Å². The van der Waals surface area contributed by atoms with Gasteiger partial charge in [-0.25, -0.2) is 4.79 Å². The number of rotatable bonds is 7. The van der Waals surface area contributed by atoms with Gasteiger partial charge in [-0.15, -0.1) is 0 Å². The molecule has 1 aliphatic carbocycles. The Morgan fingerprint density at radius 1 is 1.35 bits per heavy atom. The molecular formula is C18H29NO7. The maximum Gasteiger partial charge on any atom is 0.382 e. The lowest BCUT2D eigenvalue weighted by Crippen LogP contribution is -2.45. The predicted octanol–water partition coefficient (Wildman–Crippen LogP) is 2.56. The lowest BCUT2D eigenvalue weighted by molar-refractivity contribution is -0.523. The number of ether oxygens (including phenoxy) is 3. The third-order valence-corrected chi connectivity index (χ3v) is 5.43. The number of nitro groups is 1. The maximum atomic E-state index is 12.1. The molecule has 2 fully saturated rings. The van der Waals surface area contributed by atoms with E-state index >= 15 is 0 Å². The molecule has 0 aromatic rings. The van der Waals surface area contributed by atoms with Crippen molar-refractivity contribution in [1.29, 1.82) is 0 Å². The molecule has 0 bridgehead atoms. The van der Waals surface area contributed by atoms with Gasteiger partial charge in [0.1, 0.15) is 5.92 Å². The number of esters is 2. The molecule has 6 atom stereocenters. The molecule has 1 saturated carbocycles. The summed E-state index contributed by atoms with van der Waals surface area (Å²) in [6.45, 7) is 7.99. The summed E-state index contributed by atoms with van der Waals surface area (Å²) < 4.78 is 16.1. The molecular weight excluding hydrogens is 342 g/mol. The number of hydrogen-bond donors (Lipinski definition) is 0. The molecule has 0 aromatic heterocycles. The minimum absolute atomic E-state index is 0.0335. The Kier molecular flexibility index (Phi) is 6.97. The summed E-state index contributed by atoms with van der Waals surface area (Å²) in [6, 6.07) is -1.66. The summed E-state index contributed by atoms with van der Waals surface area (Å²) in [6.07, 6.45) is 1.48. The summed E-state index contributed by atoms with van der Waals surface area (Å²) in [4.78, 5) is 34.6. The summed E-state index contributed by atoms with van der Waals surface area (Å²) in [5.74, 6) is -1.35. The second-order valence-corrected chi connectivity index (χ2v) is 7.71. The van der Waals surface area contributed by atoms with Crippen molar-refractivity contribution in [1.82, 2.24) is 0 Å². The molecule has 8 nitrogen and oxygen atoms in total. The fraction of sp³-hybridized carbons (Fsp3) is 0.889. The standard InChI is InChI=1S/C18H29NO7/c1-5-24-17(21)16(19(22)23)13-9-15(20)26-18(13)25-14-8-11(4)6-7-12(14)10(2)3/h10-14,16,18H,5-9H2,1-4H3/t11-,12+,13+,14-,16?,18-/m1/s1. The lowest BCUT2D eigenvalue weighted by atomic mass is 9.75. The van der Waals surface area contributed by atoms with Crippen LogP contribution in [0.3, 0.4) is 0 Å². The van der Waals surface area contributed by atoms with E-state index in [0.29, 0.717) is 17.8 Å². The van der Waals surface area contributed by atoms with Crippen LogP contribution < -0.4 is 0 Å². The monoisotopic (exact) mass is 371 g/mol. The number of nitrogens with zero attached hydrogens (tertiary/aromatic N) is 1. The SMILES string of the molecule is CCOC(=O)C([C@@H]1CC(=O)O[C@H]1O[C@@H]1C[C@H](C)CC[C@H]1C(C)C)[N+](=O)[O-]. The van der Waals surface area contributed by atoms with Gasteiger partial charge >= 0.3 is 18.0 Å². The second kappa shape index (κ2) is 8.79. The van der Waals surface area contributed by atoms with Gasteiger partial charge in [0.05, 0.1) is 19.1 Å². The van der Waals surface area contributed by atoms with E-state index in [0.717, 1.165) is 19.3 Å². The topological polar surface area (TPSA) is 105 Å². The molecule has 1 unspecified atom stereocenters. The van der Waals surface area contributed by atoms with E-state index in [1.54, 1.807) is 6.92 Å². The van der Waals surface area contributed by atoms with Crippen LogP contribution in [0.15, 0.2) is 0 Å². The van der Waals surface area contributed by atoms with Crippen LogP contribution >= 0.6 is 0 Å². The van der Waals surface area contributed by atoms with Crippen molar-refractivity contribution < 1.29 is 28.7 Å². The first-order valence-corrected chi connectivity index (χ1v) is 9.39. The molecule has 1 aliphatic heterocycles. The van der Waals surface area contributed by atoms with Crippen molar-refractivity contribution in [2.24, 2.45) is 23.7 Å². The molecule has 2 aliphatic rings. The molecule has 0 aromatic carbocycles. The highest BCUT2D eigenvalue weighted by atomic mass is 16.7. The van der Waals surface area contributed by atoms with Crippen molar-refractivity contribution in [2.75, 3.05) is 6.61 Å². The van der Waals surface area contributed by atoms with Crippen LogP contribution in [-0.4, -0.2) is 41.9 Å². The maximum absolute atomic E-state index is 12.1. The van der Waals surface area contributed by atoms with Crippen molar-refractivity contribution in [3.8, 4) is 0 Å². The first-order valence-electron chi connectivity index (χ1n) is 9.39. The number of carbonyl (C=O) groups is 2. The normalized spacial score (nSPS) is 33.0. The van der Waals surface area contributed by atoms with Crippen molar-refractivity contribution >= 4 is 11.9 Å². The van der Waals surface area contributed by atoms with Gasteiger partial charge in [-0.05, 0) is 37.5 Å². The zero-order chi connectivity index (χ0) is 19.4. The zero-order valence-electron chi connectivity index (χ0n) is 15.9. The van der Waals surface area contributed by atoms with Crippen LogP contribution in [0.1, 0.15) is 53.4 Å². The Morgan fingerprint density at radius 3 is 2.62 bits per heavy atom. The highest BCUT2D eigenvalue weighted by molar-refractivity contribution is 5.78. The quantitative estimate of drug-likeness (QED) is 0.385. The number of carbonyl (C=O) groups excluding carboxylic acids is 2. The van der Waals surface area contributed by atoms with Crippen molar-refractivity contribution in [2.45, 2.75) is 71.8 Å². The fourth-order valence-corrected chi connectivity index (χ4v) is 4.03. The summed E-state index contributed by atoms with van der Waals surface area (Å²) in [5, 5.41) is 11.5. The minimum atomic E-state index is -1.66. The van der Waals surface area contributed by atoms with E-state index < -0.39 is 35.1 Å². The molecule has 0 amide bonds. The van der Waals surface area contributed by atoms with Crippen LogP contribution in [0.5, 0.6) is 0 Å². The molecule has 26 heavy (non-hydrogen) atoms. The fourth-order valence-electron chi connectivity index (χ4n) is 4.03. The van der Waals surface area contributed by atoms with Gasteiger partial charge in [-0.1, -0.05) is 27.2 Å². The Balaban J connectivity index is 2.18. The summed E-state index contributed by atoms with van der Waals surface area (Å²) >= 11 is 0. The van der Waals surface area contributed by atoms with Gasteiger partial charge in [-0.2, -0.15) is 0 Å². The first kappa shape index (κ1) is 20.6. The highest BCUT2D eigenvalue weighted by Crippen LogP contribution is 2.38. The molecule has 1 heterocycles. The lowest BCUT2D eigenvalue weighted by Gasteiger charge is -2.38. The smallest absolute Gasteiger partial charge is 0.382 e. The van der Waals surface area contributed by atoms with Gasteiger partial charge in [0.2, 0.25) is 6.29 Å². The van der Waals surface area contributed by atoms with Gasteiger partial charge in [0, 0.05) is 4.92 Å². The molecule has 8 heteroatoms. The molecule has 0 radical (unpaired) electrons.